The van der Waals surface area contributed by atoms with E-state index in [1.54, 1.807) is 0 Å². The van der Waals surface area contributed by atoms with Crippen molar-refractivity contribution in [2.45, 2.75) is 50.0 Å². The summed E-state index contributed by atoms with van der Waals surface area (Å²) < 4.78 is 0. The predicted octanol–water partition coefficient (Wildman–Crippen LogP) is 4.37. The Balaban J connectivity index is 1.32. The molecule has 1 spiro atoms. The number of nitrogens with one attached hydrogen (secondary N) is 2. The number of aryl methyl sites for hydroxylation is 1. The zero-order valence-electron chi connectivity index (χ0n) is 17.9. The van der Waals surface area contributed by atoms with Gasteiger partial charge in [0, 0.05) is 36.1 Å². The van der Waals surface area contributed by atoms with Gasteiger partial charge in [0.15, 0.2) is 0 Å². The normalized spacial score (nSPS) is 19.7. The van der Waals surface area contributed by atoms with Gasteiger partial charge >= 0.3 is 0 Å². The molecule has 1 aromatic heterocycles. The Kier molecular flexibility index (Phi) is 4.90. The number of nitrogens with zero attached hydrogens (tertiary/aromatic N) is 1. The Labute approximate surface area is 178 Å². The third-order valence-electron chi connectivity index (χ3n) is 7.68. The number of likely N-dealkylation sites (tertiary alicyclic amines) is 1. The van der Waals surface area contributed by atoms with E-state index in [4.69, 9.17) is 0 Å². The van der Waals surface area contributed by atoms with E-state index in [1.165, 1.54) is 34.9 Å². The van der Waals surface area contributed by atoms with Gasteiger partial charge in [-0.05, 0) is 60.9 Å². The average molecular weight is 402 g/mol. The number of H-pyrrole nitrogens is 1. The Morgan fingerprint density at radius 1 is 1.07 bits per heavy atom. The number of fused-ring (bicyclic) bond motifs is 3. The highest BCUT2D eigenvalue weighted by Gasteiger charge is 2.42. The molecule has 2 heterocycles. The Morgan fingerprint density at radius 3 is 2.60 bits per heavy atom. The van der Waals surface area contributed by atoms with Gasteiger partial charge in [-0.25, -0.2) is 0 Å². The van der Waals surface area contributed by atoms with Crippen molar-refractivity contribution in [3.8, 4) is 0 Å². The number of carbonyl (C=O) groups is 1. The first-order valence-corrected chi connectivity index (χ1v) is 11.2. The number of hydrogen-bond donors (Lipinski definition) is 2. The van der Waals surface area contributed by atoms with Crippen molar-refractivity contribution in [1.29, 1.82) is 0 Å². The van der Waals surface area contributed by atoms with Crippen molar-refractivity contribution in [3.05, 3.63) is 71.4 Å². The number of aromatic nitrogens is 1. The monoisotopic (exact) mass is 401 g/mol. The van der Waals surface area contributed by atoms with E-state index < -0.39 is 0 Å². The SMILES string of the molecule is CNC(C(=O)N1CCC2(CCc3ccccc32)CC1)C(C)c1c[nH]c2ccccc12. The molecule has 4 nitrogen and oxygen atoms in total. The number of aromatic amines is 1. The van der Waals surface area contributed by atoms with E-state index in [2.05, 4.69) is 70.8 Å². The molecule has 5 rings (SSSR count). The standard InChI is InChI=1S/C26H31N3O/c1-18(21-17-28-23-10-6-4-8-20(21)23)24(27-2)25(30)29-15-13-26(14-16-29)12-11-19-7-3-5-9-22(19)26/h3-10,17-18,24,27-28H,11-16H2,1-2H3. The van der Waals surface area contributed by atoms with E-state index in [-0.39, 0.29) is 23.3 Å². The maximum absolute atomic E-state index is 13.5. The van der Waals surface area contributed by atoms with Gasteiger partial charge in [-0.3, -0.25) is 4.79 Å². The Hall–Kier alpha value is -2.59. The van der Waals surface area contributed by atoms with E-state index >= 15 is 0 Å². The summed E-state index contributed by atoms with van der Waals surface area (Å²) >= 11 is 0. The molecular weight excluding hydrogens is 370 g/mol. The van der Waals surface area contributed by atoms with Crippen LogP contribution in [-0.2, 0) is 16.6 Å². The van der Waals surface area contributed by atoms with E-state index in [0.29, 0.717) is 0 Å². The molecule has 3 aromatic rings. The maximum Gasteiger partial charge on any atom is 0.240 e. The number of hydrogen-bond acceptors (Lipinski definition) is 2. The lowest BCUT2D eigenvalue weighted by atomic mass is 9.73. The van der Waals surface area contributed by atoms with Crippen LogP contribution in [0.4, 0.5) is 0 Å². The van der Waals surface area contributed by atoms with Crippen LogP contribution in [0.3, 0.4) is 0 Å². The van der Waals surface area contributed by atoms with Gasteiger partial charge in [0.1, 0.15) is 0 Å². The van der Waals surface area contributed by atoms with Crippen molar-refractivity contribution in [1.82, 2.24) is 15.2 Å². The minimum absolute atomic E-state index is 0.0988. The predicted molar refractivity (Wildman–Crippen MR) is 122 cm³/mol. The largest absolute Gasteiger partial charge is 0.361 e. The Morgan fingerprint density at radius 2 is 1.80 bits per heavy atom. The smallest absolute Gasteiger partial charge is 0.240 e. The van der Waals surface area contributed by atoms with Crippen LogP contribution in [0.5, 0.6) is 0 Å². The molecule has 0 radical (unpaired) electrons. The molecule has 4 heteroatoms. The van der Waals surface area contributed by atoms with Gasteiger partial charge in [0.2, 0.25) is 5.91 Å². The van der Waals surface area contributed by atoms with Crippen LogP contribution >= 0.6 is 0 Å². The van der Waals surface area contributed by atoms with Gasteiger partial charge in [-0.1, -0.05) is 49.4 Å². The summed E-state index contributed by atoms with van der Waals surface area (Å²) in [6.07, 6.45) is 6.63. The molecule has 156 valence electrons. The molecule has 1 saturated heterocycles. The van der Waals surface area contributed by atoms with Crippen LogP contribution in [-0.4, -0.2) is 42.0 Å². The number of amides is 1. The van der Waals surface area contributed by atoms with Crippen molar-refractivity contribution in [3.63, 3.8) is 0 Å². The molecule has 0 saturated carbocycles. The third-order valence-corrected chi connectivity index (χ3v) is 7.68. The number of carbonyl (C=O) groups excluding carboxylic acids is 1. The first-order valence-electron chi connectivity index (χ1n) is 11.2. The third kappa shape index (κ3) is 3.05. The summed E-state index contributed by atoms with van der Waals surface area (Å²) in [5.74, 6) is 0.332. The molecule has 2 aliphatic rings. The van der Waals surface area contributed by atoms with Crippen molar-refractivity contribution in [2.24, 2.45) is 0 Å². The molecule has 2 atom stereocenters. The second-order valence-electron chi connectivity index (χ2n) is 9.11. The minimum atomic E-state index is -0.214. The fourth-order valence-corrected chi connectivity index (χ4v) is 5.87. The second kappa shape index (κ2) is 7.59. The highest BCUT2D eigenvalue weighted by Crippen LogP contribution is 2.46. The van der Waals surface area contributed by atoms with Gasteiger partial charge in [0.25, 0.3) is 0 Å². The van der Waals surface area contributed by atoms with E-state index in [9.17, 15) is 4.79 Å². The molecule has 30 heavy (non-hydrogen) atoms. The summed E-state index contributed by atoms with van der Waals surface area (Å²) in [5.41, 5.74) is 5.66. The van der Waals surface area contributed by atoms with Gasteiger partial charge in [-0.2, -0.15) is 0 Å². The van der Waals surface area contributed by atoms with Gasteiger partial charge in [-0.15, -0.1) is 0 Å². The lowest BCUT2D eigenvalue weighted by Gasteiger charge is -2.41. The maximum atomic E-state index is 13.5. The number of likely N-dealkylation sites (N-methyl/N-ethyl adjacent to an activating group) is 1. The topological polar surface area (TPSA) is 48.1 Å². The van der Waals surface area contributed by atoms with Crippen LogP contribution < -0.4 is 5.32 Å². The molecular formula is C26H31N3O. The first-order chi connectivity index (χ1) is 14.6. The summed E-state index contributed by atoms with van der Waals surface area (Å²) in [4.78, 5) is 19.0. The molecule has 0 bridgehead atoms. The van der Waals surface area contributed by atoms with E-state index in [0.717, 1.165) is 31.4 Å². The van der Waals surface area contributed by atoms with Crippen molar-refractivity contribution >= 4 is 16.8 Å². The summed E-state index contributed by atoms with van der Waals surface area (Å²) in [7, 11) is 1.91. The summed E-state index contributed by atoms with van der Waals surface area (Å²) in [6.45, 7) is 3.87. The van der Waals surface area contributed by atoms with Crippen LogP contribution in [0, 0.1) is 0 Å². The molecule has 2 aromatic carbocycles. The molecule has 1 amide bonds. The van der Waals surface area contributed by atoms with Gasteiger partial charge < -0.3 is 15.2 Å². The number of piperidine rings is 1. The first kappa shape index (κ1) is 19.4. The number of rotatable bonds is 4. The number of para-hydroxylation sites is 1. The fraction of sp³-hybridized carbons (Fsp3) is 0.423. The highest BCUT2D eigenvalue weighted by molar-refractivity contribution is 5.87. The zero-order chi connectivity index (χ0) is 20.7. The Bertz CT molecular complexity index is 1060. The van der Waals surface area contributed by atoms with Crippen molar-refractivity contribution in [2.75, 3.05) is 20.1 Å². The van der Waals surface area contributed by atoms with Gasteiger partial charge in [0.05, 0.1) is 6.04 Å². The molecule has 2 N–H and O–H groups in total. The summed E-state index contributed by atoms with van der Waals surface area (Å²) in [5, 5.41) is 4.53. The van der Waals surface area contributed by atoms with Crippen LogP contribution in [0.1, 0.15) is 48.8 Å². The van der Waals surface area contributed by atoms with Crippen LogP contribution in [0.2, 0.25) is 0 Å². The molecule has 1 aliphatic heterocycles. The van der Waals surface area contributed by atoms with Crippen molar-refractivity contribution < 1.29 is 4.79 Å². The van der Waals surface area contributed by atoms with Crippen LogP contribution in [0.25, 0.3) is 10.9 Å². The van der Waals surface area contributed by atoms with Crippen LogP contribution in [0.15, 0.2) is 54.7 Å². The molecule has 1 fully saturated rings. The highest BCUT2D eigenvalue weighted by atomic mass is 16.2. The quantitative estimate of drug-likeness (QED) is 0.682. The lowest BCUT2D eigenvalue weighted by molar-refractivity contribution is -0.135. The second-order valence-corrected chi connectivity index (χ2v) is 9.11. The molecule has 1 aliphatic carbocycles. The average Bonchev–Trinajstić information content (AvgIpc) is 3.37. The number of benzene rings is 2. The zero-order valence-corrected chi connectivity index (χ0v) is 17.9. The summed E-state index contributed by atoms with van der Waals surface area (Å²) in [6, 6.07) is 17.0. The molecule has 2 unspecified atom stereocenters. The fourth-order valence-electron chi connectivity index (χ4n) is 5.87. The minimum Gasteiger partial charge on any atom is -0.361 e. The lowest BCUT2D eigenvalue weighted by Crippen LogP contribution is -2.52. The van der Waals surface area contributed by atoms with E-state index in [1.807, 2.05) is 13.1 Å².